The summed E-state index contributed by atoms with van der Waals surface area (Å²) in [6.45, 7) is 9.90. The van der Waals surface area contributed by atoms with Crippen molar-refractivity contribution in [3.05, 3.63) is 0 Å². The van der Waals surface area contributed by atoms with E-state index in [4.69, 9.17) is 9.84 Å². The quantitative estimate of drug-likeness (QED) is 0.711. The van der Waals surface area contributed by atoms with Gasteiger partial charge in [0.1, 0.15) is 0 Å². The molecule has 0 saturated carbocycles. The highest BCUT2D eigenvalue weighted by molar-refractivity contribution is 5.70. The number of hydrogen-bond acceptors (Lipinski definition) is 3. The Morgan fingerprint density at radius 3 is 2.72 bits per heavy atom. The van der Waals surface area contributed by atoms with Crippen LogP contribution in [0.2, 0.25) is 0 Å². The molecular formula is C14H27NO3. The summed E-state index contributed by atoms with van der Waals surface area (Å²) in [5.41, 5.74) is 0. The number of carboxylic acid groups (broad SMARTS) is 1. The molecule has 1 rings (SSSR count). The number of ether oxygens (including phenoxy) is 1. The lowest BCUT2D eigenvalue weighted by Gasteiger charge is -2.36. The van der Waals surface area contributed by atoms with Gasteiger partial charge in [0.25, 0.3) is 0 Å². The zero-order valence-corrected chi connectivity index (χ0v) is 11.9. The van der Waals surface area contributed by atoms with Crippen LogP contribution in [0.15, 0.2) is 0 Å². The first-order chi connectivity index (χ1) is 8.50. The van der Waals surface area contributed by atoms with E-state index in [9.17, 15) is 4.79 Å². The van der Waals surface area contributed by atoms with Crippen LogP contribution >= 0.6 is 0 Å². The number of carbonyl (C=O) groups is 1. The first-order valence-electron chi connectivity index (χ1n) is 7.05. The molecule has 1 fully saturated rings. The maximum atomic E-state index is 10.9. The Labute approximate surface area is 110 Å². The molecule has 2 unspecified atom stereocenters. The summed E-state index contributed by atoms with van der Waals surface area (Å²) in [5.74, 6) is -0.108. The fourth-order valence-electron chi connectivity index (χ4n) is 2.38. The van der Waals surface area contributed by atoms with Crippen molar-refractivity contribution in [1.82, 2.24) is 4.90 Å². The molecule has 1 heterocycles. The van der Waals surface area contributed by atoms with Crippen molar-refractivity contribution in [3.8, 4) is 0 Å². The zero-order valence-electron chi connectivity index (χ0n) is 11.9. The minimum atomic E-state index is -0.644. The number of hydrogen-bond donors (Lipinski definition) is 1. The van der Waals surface area contributed by atoms with Gasteiger partial charge in [-0.05, 0) is 38.6 Å². The van der Waals surface area contributed by atoms with E-state index in [0.717, 1.165) is 45.6 Å². The smallest absolute Gasteiger partial charge is 0.306 e. The molecule has 1 saturated heterocycles. The summed E-state index contributed by atoms with van der Waals surface area (Å²) in [6.07, 6.45) is 2.64. The number of likely N-dealkylation sites (tertiary alicyclic amines) is 1. The Bertz CT molecular complexity index is 255. The van der Waals surface area contributed by atoms with Gasteiger partial charge in [0.2, 0.25) is 0 Å². The van der Waals surface area contributed by atoms with Crippen LogP contribution in [0.4, 0.5) is 0 Å². The molecule has 2 atom stereocenters. The highest BCUT2D eigenvalue weighted by Crippen LogP contribution is 2.22. The molecule has 0 bridgehead atoms. The van der Waals surface area contributed by atoms with Crippen molar-refractivity contribution in [2.45, 2.75) is 46.1 Å². The van der Waals surface area contributed by atoms with E-state index in [1.54, 1.807) is 0 Å². The minimum Gasteiger partial charge on any atom is -0.481 e. The van der Waals surface area contributed by atoms with Crippen LogP contribution in [0.25, 0.3) is 0 Å². The molecule has 1 aliphatic heterocycles. The van der Waals surface area contributed by atoms with E-state index in [1.807, 2.05) is 0 Å². The summed E-state index contributed by atoms with van der Waals surface area (Å²) >= 11 is 0. The second kappa shape index (κ2) is 7.74. The summed E-state index contributed by atoms with van der Waals surface area (Å²) < 4.78 is 5.61. The number of rotatable bonds is 7. The highest BCUT2D eigenvalue weighted by atomic mass is 16.5. The van der Waals surface area contributed by atoms with E-state index in [0.29, 0.717) is 12.0 Å². The Kier molecular flexibility index (Phi) is 6.65. The van der Waals surface area contributed by atoms with Gasteiger partial charge in [-0.2, -0.15) is 0 Å². The first-order valence-corrected chi connectivity index (χ1v) is 7.05. The lowest BCUT2D eigenvalue weighted by molar-refractivity contribution is -0.144. The number of aliphatic carboxylic acids is 1. The lowest BCUT2D eigenvalue weighted by atomic mass is 9.92. The molecule has 0 spiro atoms. The third kappa shape index (κ3) is 5.36. The second-order valence-electron chi connectivity index (χ2n) is 5.74. The predicted molar refractivity (Wildman–Crippen MR) is 71.7 cm³/mol. The van der Waals surface area contributed by atoms with Gasteiger partial charge in [-0.15, -0.1) is 0 Å². The average Bonchev–Trinajstić information content (AvgIpc) is 2.29. The molecule has 0 aromatic carbocycles. The Morgan fingerprint density at radius 1 is 1.44 bits per heavy atom. The molecule has 106 valence electrons. The van der Waals surface area contributed by atoms with Gasteiger partial charge in [0.15, 0.2) is 0 Å². The van der Waals surface area contributed by atoms with Crippen molar-refractivity contribution in [1.29, 1.82) is 0 Å². The van der Waals surface area contributed by atoms with Crippen molar-refractivity contribution in [3.63, 3.8) is 0 Å². The average molecular weight is 257 g/mol. The molecule has 1 N–H and O–H groups in total. The highest BCUT2D eigenvalue weighted by Gasteiger charge is 2.29. The molecular weight excluding hydrogens is 230 g/mol. The maximum Gasteiger partial charge on any atom is 0.306 e. The van der Waals surface area contributed by atoms with Crippen LogP contribution in [-0.2, 0) is 9.53 Å². The third-order valence-electron chi connectivity index (χ3n) is 3.73. The van der Waals surface area contributed by atoms with Crippen LogP contribution < -0.4 is 0 Å². The molecule has 4 heteroatoms. The second-order valence-corrected chi connectivity index (χ2v) is 5.74. The SMILES string of the molecule is CC(C)CCOCCN1CCC(C(=O)O)CC1C. The first kappa shape index (κ1) is 15.4. The summed E-state index contributed by atoms with van der Waals surface area (Å²) in [5, 5.41) is 9.00. The zero-order chi connectivity index (χ0) is 13.5. The van der Waals surface area contributed by atoms with Gasteiger partial charge in [-0.25, -0.2) is 0 Å². The Hall–Kier alpha value is -0.610. The Balaban J connectivity index is 2.14. The van der Waals surface area contributed by atoms with Crippen LogP contribution in [0.5, 0.6) is 0 Å². The third-order valence-corrected chi connectivity index (χ3v) is 3.73. The molecule has 18 heavy (non-hydrogen) atoms. The molecule has 0 aromatic rings. The number of nitrogens with zero attached hydrogens (tertiary/aromatic N) is 1. The molecule has 0 amide bonds. The summed E-state index contributed by atoms with van der Waals surface area (Å²) in [4.78, 5) is 13.3. The topological polar surface area (TPSA) is 49.8 Å². The fourth-order valence-corrected chi connectivity index (χ4v) is 2.38. The monoisotopic (exact) mass is 257 g/mol. The Morgan fingerprint density at radius 2 is 2.17 bits per heavy atom. The van der Waals surface area contributed by atoms with E-state index in [-0.39, 0.29) is 5.92 Å². The lowest BCUT2D eigenvalue weighted by Crippen LogP contribution is -2.44. The molecule has 1 aliphatic rings. The van der Waals surface area contributed by atoms with Crippen molar-refractivity contribution in [2.24, 2.45) is 11.8 Å². The van der Waals surface area contributed by atoms with E-state index in [2.05, 4.69) is 25.7 Å². The van der Waals surface area contributed by atoms with Crippen LogP contribution in [0, 0.1) is 11.8 Å². The number of carboxylic acids is 1. The number of piperidine rings is 1. The normalized spacial score (nSPS) is 25.6. The fraction of sp³-hybridized carbons (Fsp3) is 0.929. The van der Waals surface area contributed by atoms with Gasteiger partial charge >= 0.3 is 5.97 Å². The van der Waals surface area contributed by atoms with Gasteiger partial charge in [0, 0.05) is 19.2 Å². The van der Waals surface area contributed by atoms with E-state index >= 15 is 0 Å². The summed E-state index contributed by atoms with van der Waals surface area (Å²) in [6, 6.07) is 0.355. The summed E-state index contributed by atoms with van der Waals surface area (Å²) in [7, 11) is 0. The molecule has 4 nitrogen and oxygen atoms in total. The molecule has 0 aromatic heterocycles. The van der Waals surface area contributed by atoms with Gasteiger partial charge in [-0.1, -0.05) is 13.8 Å². The van der Waals surface area contributed by atoms with Gasteiger partial charge in [0.05, 0.1) is 12.5 Å². The van der Waals surface area contributed by atoms with Crippen LogP contribution in [-0.4, -0.2) is 48.3 Å². The van der Waals surface area contributed by atoms with Gasteiger partial charge < -0.3 is 9.84 Å². The largest absolute Gasteiger partial charge is 0.481 e. The molecule has 0 radical (unpaired) electrons. The van der Waals surface area contributed by atoms with E-state index < -0.39 is 5.97 Å². The van der Waals surface area contributed by atoms with Crippen molar-refractivity contribution >= 4 is 5.97 Å². The maximum absolute atomic E-state index is 10.9. The van der Waals surface area contributed by atoms with E-state index in [1.165, 1.54) is 0 Å². The minimum absolute atomic E-state index is 0.155. The van der Waals surface area contributed by atoms with Crippen molar-refractivity contribution < 1.29 is 14.6 Å². The van der Waals surface area contributed by atoms with Crippen LogP contribution in [0.3, 0.4) is 0 Å². The standard InChI is InChI=1S/C14H27NO3/c1-11(2)5-8-18-9-7-15-6-4-13(14(16)17)10-12(15)3/h11-13H,4-10H2,1-3H3,(H,16,17). The predicted octanol–water partition coefficient (Wildman–Crippen LogP) is 2.23. The van der Waals surface area contributed by atoms with Crippen LogP contribution in [0.1, 0.15) is 40.0 Å². The van der Waals surface area contributed by atoms with Gasteiger partial charge in [-0.3, -0.25) is 9.69 Å². The van der Waals surface area contributed by atoms with Crippen molar-refractivity contribution in [2.75, 3.05) is 26.3 Å². The molecule has 0 aliphatic carbocycles.